The van der Waals surface area contributed by atoms with Crippen molar-refractivity contribution in [2.75, 3.05) is 5.32 Å². The van der Waals surface area contributed by atoms with Crippen LogP contribution in [0, 0.1) is 11.3 Å². The van der Waals surface area contributed by atoms with E-state index in [4.69, 9.17) is 10.00 Å². The van der Waals surface area contributed by atoms with E-state index in [9.17, 15) is 9.59 Å². The van der Waals surface area contributed by atoms with Gasteiger partial charge < -0.3 is 10.1 Å². The molecular formula is C19H16N2O3. The number of carbonyl (C=O) groups excluding carboxylic acids is 2. The van der Waals surface area contributed by atoms with E-state index in [2.05, 4.69) is 5.32 Å². The molecule has 1 amide bonds. The maximum Gasteiger partial charge on any atom is 0.331 e. The number of esters is 1. The standard InChI is InChI=1S/C19H16N2O3/c1-14(19(23)21-17-9-5-8-16(12-17)13-20)24-18(22)11-10-15-6-3-2-4-7-15/h2-12,14H,1H3,(H,21,23)/b11-10+/t14-/m1/s1. The van der Waals surface area contributed by atoms with Gasteiger partial charge in [0, 0.05) is 11.8 Å². The first-order valence-corrected chi connectivity index (χ1v) is 7.33. The largest absolute Gasteiger partial charge is 0.449 e. The minimum absolute atomic E-state index is 0.434. The predicted octanol–water partition coefficient (Wildman–Crippen LogP) is 3.14. The molecule has 5 heteroatoms. The van der Waals surface area contributed by atoms with Crippen LogP contribution >= 0.6 is 0 Å². The van der Waals surface area contributed by atoms with Gasteiger partial charge >= 0.3 is 5.97 Å². The molecule has 0 aliphatic rings. The number of rotatable bonds is 5. The van der Waals surface area contributed by atoms with E-state index in [1.807, 2.05) is 36.4 Å². The normalized spacial score (nSPS) is 11.5. The van der Waals surface area contributed by atoms with E-state index in [1.54, 1.807) is 30.3 Å². The molecule has 0 fully saturated rings. The molecule has 0 bridgehead atoms. The summed E-state index contributed by atoms with van der Waals surface area (Å²) in [5.74, 6) is -1.07. The van der Waals surface area contributed by atoms with Gasteiger partial charge in [0.05, 0.1) is 11.6 Å². The van der Waals surface area contributed by atoms with Crippen molar-refractivity contribution in [2.24, 2.45) is 0 Å². The van der Waals surface area contributed by atoms with E-state index in [0.717, 1.165) is 5.56 Å². The van der Waals surface area contributed by atoms with Crippen LogP contribution in [0.3, 0.4) is 0 Å². The monoisotopic (exact) mass is 320 g/mol. The highest BCUT2D eigenvalue weighted by Crippen LogP contribution is 2.11. The highest BCUT2D eigenvalue weighted by Gasteiger charge is 2.16. The van der Waals surface area contributed by atoms with Gasteiger partial charge in [-0.3, -0.25) is 4.79 Å². The third-order valence-corrected chi connectivity index (χ3v) is 3.13. The summed E-state index contributed by atoms with van der Waals surface area (Å²) in [5.41, 5.74) is 1.77. The fourth-order valence-electron chi connectivity index (χ4n) is 1.91. The molecule has 0 unspecified atom stereocenters. The Morgan fingerprint density at radius 1 is 1.17 bits per heavy atom. The molecule has 0 aliphatic heterocycles. The Labute approximate surface area is 140 Å². The number of nitrogens with zero attached hydrogens (tertiary/aromatic N) is 1. The van der Waals surface area contributed by atoms with Gasteiger partial charge in [-0.05, 0) is 36.8 Å². The molecule has 24 heavy (non-hydrogen) atoms. The molecule has 1 atom stereocenters. The number of ether oxygens (including phenoxy) is 1. The second kappa shape index (κ2) is 8.30. The summed E-state index contributed by atoms with van der Waals surface area (Å²) in [5, 5.41) is 11.4. The molecule has 0 aliphatic carbocycles. The first kappa shape index (κ1) is 17.0. The molecule has 0 saturated carbocycles. The predicted molar refractivity (Wildman–Crippen MR) is 90.8 cm³/mol. The summed E-state index contributed by atoms with van der Waals surface area (Å²) in [6, 6.07) is 17.8. The molecule has 2 aromatic rings. The summed E-state index contributed by atoms with van der Waals surface area (Å²) in [7, 11) is 0. The number of nitrogens with one attached hydrogen (secondary N) is 1. The number of carbonyl (C=O) groups is 2. The molecule has 0 aromatic heterocycles. The first-order valence-electron chi connectivity index (χ1n) is 7.33. The number of hydrogen-bond acceptors (Lipinski definition) is 4. The van der Waals surface area contributed by atoms with E-state index in [0.29, 0.717) is 11.3 Å². The Kier molecular flexibility index (Phi) is 5.87. The van der Waals surface area contributed by atoms with Crippen LogP contribution in [0.2, 0.25) is 0 Å². The van der Waals surface area contributed by atoms with Crippen molar-refractivity contribution < 1.29 is 14.3 Å². The third-order valence-electron chi connectivity index (χ3n) is 3.13. The quantitative estimate of drug-likeness (QED) is 0.678. The van der Waals surface area contributed by atoms with E-state index in [1.165, 1.54) is 13.0 Å². The maximum absolute atomic E-state index is 12.0. The highest BCUT2D eigenvalue weighted by atomic mass is 16.5. The fraction of sp³-hybridized carbons (Fsp3) is 0.105. The van der Waals surface area contributed by atoms with E-state index >= 15 is 0 Å². The van der Waals surface area contributed by atoms with Gasteiger partial charge in [0.2, 0.25) is 0 Å². The van der Waals surface area contributed by atoms with Gasteiger partial charge in [-0.15, -0.1) is 0 Å². The van der Waals surface area contributed by atoms with Crippen LogP contribution in [-0.4, -0.2) is 18.0 Å². The van der Waals surface area contributed by atoms with Crippen LogP contribution in [0.5, 0.6) is 0 Å². The van der Waals surface area contributed by atoms with Crippen molar-refractivity contribution in [3.8, 4) is 6.07 Å². The van der Waals surface area contributed by atoms with Gasteiger partial charge in [-0.25, -0.2) is 4.79 Å². The summed E-state index contributed by atoms with van der Waals surface area (Å²) in [6.07, 6.45) is 1.93. The zero-order valence-corrected chi connectivity index (χ0v) is 13.1. The van der Waals surface area contributed by atoms with Crippen LogP contribution in [0.4, 0.5) is 5.69 Å². The van der Waals surface area contributed by atoms with Crippen LogP contribution in [0.15, 0.2) is 60.7 Å². The average Bonchev–Trinajstić information content (AvgIpc) is 2.61. The molecule has 2 aromatic carbocycles. The van der Waals surface area contributed by atoms with Crippen molar-refractivity contribution in [1.82, 2.24) is 0 Å². The maximum atomic E-state index is 12.0. The van der Waals surface area contributed by atoms with Gasteiger partial charge in [0.25, 0.3) is 5.91 Å². The van der Waals surface area contributed by atoms with Gasteiger partial charge in [-0.1, -0.05) is 36.4 Å². The number of anilines is 1. The lowest BCUT2D eigenvalue weighted by Gasteiger charge is -2.12. The molecule has 0 saturated heterocycles. The average molecular weight is 320 g/mol. The smallest absolute Gasteiger partial charge is 0.331 e. The lowest BCUT2D eigenvalue weighted by atomic mass is 10.2. The summed E-state index contributed by atoms with van der Waals surface area (Å²) in [4.78, 5) is 23.8. The molecule has 120 valence electrons. The van der Waals surface area contributed by atoms with Crippen LogP contribution in [0.1, 0.15) is 18.1 Å². The topological polar surface area (TPSA) is 79.2 Å². The van der Waals surface area contributed by atoms with Gasteiger partial charge in [0.1, 0.15) is 0 Å². The molecular weight excluding hydrogens is 304 g/mol. The fourth-order valence-corrected chi connectivity index (χ4v) is 1.91. The zero-order valence-electron chi connectivity index (χ0n) is 13.1. The summed E-state index contributed by atoms with van der Waals surface area (Å²) >= 11 is 0. The number of benzene rings is 2. The van der Waals surface area contributed by atoms with Crippen molar-refractivity contribution >= 4 is 23.6 Å². The Bertz CT molecular complexity index is 792. The zero-order chi connectivity index (χ0) is 17.4. The lowest BCUT2D eigenvalue weighted by Crippen LogP contribution is -2.29. The van der Waals surface area contributed by atoms with Crippen molar-refractivity contribution in [3.05, 3.63) is 71.8 Å². The molecule has 1 N–H and O–H groups in total. The van der Waals surface area contributed by atoms with E-state index in [-0.39, 0.29) is 0 Å². The summed E-state index contributed by atoms with van der Waals surface area (Å²) < 4.78 is 5.06. The third kappa shape index (κ3) is 5.11. The Balaban J connectivity index is 1.90. The Morgan fingerprint density at radius 3 is 2.62 bits per heavy atom. The van der Waals surface area contributed by atoms with Crippen LogP contribution < -0.4 is 5.32 Å². The second-order valence-corrected chi connectivity index (χ2v) is 5.00. The Hall–Kier alpha value is -3.39. The lowest BCUT2D eigenvalue weighted by molar-refractivity contribution is -0.148. The van der Waals surface area contributed by atoms with Crippen LogP contribution in [-0.2, 0) is 14.3 Å². The minimum atomic E-state index is -0.955. The first-order chi connectivity index (χ1) is 11.6. The SMILES string of the molecule is C[C@@H](OC(=O)/C=C/c1ccccc1)C(=O)Nc1cccc(C#N)c1. The second-order valence-electron chi connectivity index (χ2n) is 5.00. The number of nitriles is 1. The molecule has 2 rings (SSSR count). The van der Waals surface area contributed by atoms with E-state index < -0.39 is 18.0 Å². The van der Waals surface area contributed by atoms with Crippen molar-refractivity contribution in [1.29, 1.82) is 5.26 Å². The molecule has 0 radical (unpaired) electrons. The Morgan fingerprint density at radius 2 is 1.92 bits per heavy atom. The van der Waals surface area contributed by atoms with Gasteiger partial charge in [0.15, 0.2) is 6.10 Å². The highest BCUT2D eigenvalue weighted by molar-refractivity contribution is 5.96. The summed E-state index contributed by atoms with van der Waals surface area (Å²) in [6.45, 7) is 1.48. The van der Waals surface area contributed by atoms with Crippen LogP contribution in [0.25, 0.3) is 6.08 Å². The number of hydrogen-bond donors (Lipinski definition) is 1. The van der Waals surface area contributed by atoms with Gasteiger partial charge in [-0.2, -0.15) is 5.26 Å². The van der Waals surface area contributed by atoms with Crippen molar-refractivity contribution in [2.45, 2.75) is 13.0 Å². The minimum Gasteiger partial charge on any atom is -0.449 e. The number of amides is 1. The van der Waals surface area contributed by atoms with Crippen molar-refractivity contribution in [3.63, 3.8) is 0 Å². The molecule has 0 heterocycles. The molecule has 5 nitrogen and oxygen atoms in total. The molecule has 0 spiro atoms.